The van der Waals surface area contributed by atoms with Crippen LogP contribution in [-0.4, -0.2) is 30.4 Å². The Morgan fingerprint density at radius 2 is 2.00 bits per heavy atom. The smallest absolute Gasteiger partial charge is 0.243 e. The molecule has 2 unspecified atom stereocenters. The third kappa shape index (κ3) is 2.68. The molecule has 0 bridgehead atoms. The Morgan fingerprint density at radius 3 is 2.68 bits per heavy atom. The van der Waals surface area contributed by atoms with Crippen LogP contribution in [0.5, 0.6) is 0 Å². The van der Waals surface area contributed by atoms with Crippen LogP contribution in [0, 0.1) is 5.92 Å². The molecular formula is C14H21NO3S. The lowest BCUT2D eigenvalue weighted by molar-refractivity contribution is 0.201. The number of benzene rings is 1. The summed E-state index contributed by atoms with van der Waals surface area (Å²) in [7, 11) is -3.51. The van der Waals surface area contributed by atoms with Crippen LogP contribution in [-0.2, 0) is 16.6 Å². The van der Waals surface area contributed by atoms with Gasteiger partial charge in [-0.2, -0.15) is 4.31 Å². The lowest BCUT2D eigenvalue weighted by atomic mass is 9.94. The number of hydrogen-bond donors (Lipinski definition) is 1. The highest BCUT2D eigenvalue weighted by Crippen LogP contribution is 2.30. The van der Waals surface area contributed by atoms with Crippen molar-refractivity contribution in [3.63, 3.8) is 0 Å². The molecule has 1 aliphatic heterocycles. The second-order valence-corrected chi connectivity index (χ2v) is 7.10. The average Bonchev–Trinajstić information content (AvgIpc) is 2.41. The van der Waals surface area contributed by atoms with Crippen LogP contribution in [0.1, 0.15) is 32.3 Å². The predicted molar refractivity (Wildman–Crippen MR) is 74.1 cm³/mol. The van der Waals surface area contributed by atoms with E-state index in [0.29, 0.717) is 18.0 Å². The maximum atomic E-state index is 12.7. The second kappa shape index (κ2) is 5.61. The molecule has 1 N–H and O–H groups in total. The highest BCUT2D eigenvalue weighted by atomic mass is 32.2. The summed E-state index contributed by atoms with van der Waals surface area (Å²) in [5.74, 6) is 0.366. The van der Waals surface area contributed by atoms with Crippen molar-refractivity contribution >= 4 is 10.0 Å². The zero-order chi connectivity index (χ0) is 14.0. The Kier molecular flexibility index (Phi) is 4.28. The fraction of sp³-hybridized carbons (Fsp3) is 0.571. The van der Waals surface area contributed by atoms with Gasteiger partial charge in [0.05, 0.1) is 11.5 Å². The molecule has 0 aromatic heterocycles. The van der Waals surface area contributed by atoms with Gasteiger partial charge in [0.1, 0.15) is 0 Å². The number of aliphatic hydroxyl groups is 1. The van der Waals surface area contributed by atoms with Crippen molar-refractivity contribution in [1.29, 1.82) is 0 Å². The van der Waals surface area contributed by atoms with E-state index in [1.165, 1.54) is 0 Å². The molecule has 106 valence electrons. The SMILES string of the molecule is CC1CCCN(S(=O)(=O)c2ccccc2CO)C1C. The van der Waals surface area contributed by atoms with Crippen LogP contribution >= 0.6 is 0 Å². The van der Waals surface area contributed by atoms with Gasteiger partial charge in [-0.3, -0.25) is 0 Å². The van der Waals surface area contributed by atoms with E-state index in [1.54, 1.807) is 28.6 Å². The number of rotatable bonds is 3. The molecule has 2 atom stereocenters. The minimum atomic E-state index is -3.51. The van der Waals surface area contributed by atoms with Crippen molar-refractivity contribution in [3.8, 4) is 0 Å². The van der Waals surface area contributed by atoms with Crippen molar-refractivity contribution < 1.29 is 13.5 Å². The van der Waals surface area contributed by atoms with E-state index < -0.39 is 10.0 Å². The highest BCUT2D eigenvalue weighted by Gasteiger charge is 2.35. The fourth-order valence-corrected chi connectivity index (χ4v) is 4.63. The van der Waals surface area contributed by atoms with Gasteiger partial charge < -0.3 is 5.11 Å². The van der Waals surface area contributed by atoms with Gasteiger partial charge in [0.15, 0.2) is 0 Å². The number of hydrogen-bond acceptors (Lipinski definition) is 3. The minimum absolute atomic E-state index is 0.00509. The van der Waals surface area contributed by atoms with Gasteiger partial charge in [0.2, 0.25) is 10.0 Å². The van der Waals surface area contributed by atoms with Gasteiger partial charge in [-0.05, 0) is 37.3 Å². The lowest BCUT2D eigenvalue weighted by Crippen LogP contribution is -2.46. The lowest BCUT2D eigenvalue weighted by Gasteiger charge is -2.37. The molecule has 0 aliphatic carbocycles. The Hall–Kier alpha value is -0.910. The van der Waals surface area contributed by atoms with Gasteiger partial charge in [0, 0.05) is 12.6 Å². The van der Waals surface area contributed by atoms with E-state index >= 15 is 0 Å². The third-order valence-electron chi connectivity index (χ3n) is 4.05. The van der Waals surface area contributed by atoms with Gasteiger partial charge in [-0.1, -0.05) is 25.1 Å². The molecule has 4 nitrogen and oxygen atoms in total. The summed E-state index contributed by atoms with van der Waals surface area (Å²) in [4.78, 5) is 0.235. The van der Waals surface area contributed by atoms with Crippen LogP contribution in [0.4, 0.5) is 0 Å². The molecule has 1 fully saturated rings. The van der Waals surface area contributed by atoms with Gasteiger partial charge in [-0.25, -0.2) is 8.42 Å². The van der Waals surface area contributed by atoms with Crippen LogP contribution in [0.2, 0.25) is 0 Å². The monoisotopic (exact) mass is 283 g/mol. The van der Waals surface area contributed by atoms with Crippen molar-refractivity contribution in [2.75, 3.05) is 6.54 Å². The van der Waals surface area contributed by atoms with Crippen LogP contribution in [0.15, 0.2) is 29.2 Å². The molecule has 1 aromatic carbocycles. The molecule has 19 heavy (non-hydrogen) atoms. The normalized spacial score (nSPS) is 25.4. The van der Waals surface area contributed by atoms with Crippen LogP contribution < -0.4 is 0 Å². The zero-order valence-electron chi connectivity index (χ0n) is 11.4. The predicted octanol–water partition coefficient (Wildman–Crippen LogP) is 1.99. The van der Waals surface area contributed by atoms with Gasteiger partial charge in [0.25, 0.3) is 0 Å². The molecule has 1 aromatic rings. The molecule has 5 heteroatoms. The van der Waals surface area contributed by atoms with Gasteiger partial charge >= 0.3 is 0 Å². The van der Waals surface area contributed by atoms with Crippen molar-refractivity contribution in [3.05, 3.63) is 29.8 Å². The molecule has 0 spiro atoms. The number of piperidine rings is 1. The summed E-state index contributed by atoms with van der Waals surface area (Å²) >= 11 is 0. The molecule has 1 saturated heterocycles. The third-order valence-corrected chi connectivity index (χ3v) is 6.13. The number of nitrogens with zero attached hydrogens (tertiary/aromatic N) is 1. The average molecular weight is 283 g/mol. The Morgan fingerprint density at radius 1 is 1.32 bits per heavy atom. The maximum Gasteiger partial charge on any atom is 0.243 e. The van der Waals surface area contributed by atoms with Crippen molar-refractivity contribution in [1.82, 2.24) is 4.31 Å². The first-order valence-electron chi connectivity index (χ1n) is 6.69. The van der Waals surface area contributed by atoms with E-state index in [-0.39, 0.29) is 17.5 Å². The van der Waals surface area contributed by atoms with Crippen LogP contribution in [0.25, 0.3) is 0 Å². The summed E-state index contributed by atoms with van der Waals surface area (Å²) in [5, 5.41) is 9.32. The topological polar surface area (TPSA) is 57.6 Å². The summed E-state index contributed by atoms with van der Waals surface area (Å²) in [6.07, 6.45) is 1.96. The van der Waals surface area contributed by atoms with Gasteiger partial charge in [-0.15, -0.1) is 0 Å². The number of sulfonamides is 1. The molecule has 1 aliphatic rings. The van der Waals surface area contributed by atoms with E-state index in [2.05, 4.69) is 6.92 Å². The Balaban J connectivity index is 2.42. The Labute approximate surface area is 115 Å². The quantitative estimate of drug-likeness (QED) is 0.923. The van der Waals surface area contributed by atoms with E-state index in [4.69, 9.17) is 0 Å². The maximum absolute atomic E-state index is 12.7. The molecular weight excluding hydrogens is 262 g/mol. The van der Waals surface area contributed by atoms with Crippen molar-refractivity contribution in [2.24, 2.45) is 5.92 Å². The van der Waals surface area contributed by atoms with E-state index in [0.717, 1.165) is 12.8 Å². The number of aliphatic hydroxyl groups excluding tert-OH is 1. The second-order valence-electron chi connectivity index (χ2n) is 5.24. The summed E-state index contributed by atoms with van der Waals surface area (Å²) < 4.78 is 27.1. The summed E-state index contributed by atoms with van der Waals surface area (Å²) in [6.45, 7) is 4.36. The molecule has 0 amide bonds. The molecule has 1 heterocycles. The summed E-state index contributed by atoms with van der Waals surface area (Å²) in [6, 6.07) is 6.68. The molecule has 0 saturated carbocycles. The first-order chi connectivity index (χ1) is 8.98. The molecule has 0 radical (unpaired) electrons. The summed E-state index contributed by atoms with van der Waals surface area (Å²) in [5.41, 5.74) is 0.466. The minimum Gasteiger partial charge on any atom is -0.392 e. The fourth-order valence-electron chi connectivity index (χ4n) is 2.65. The first-order valence-corrected chi connectivity index (χ1v) is 8.13. The standard InChI is InChI=1S/C14H21NO3S/c1-11-6-5-9-15(12(11)2)19(17,18)14-8-4-3-7-13(14)10-16/h3-4,7-8,11-12,16H,5-6,9-10H2,1-2H3. The molecule has 2 rings (SSSR count). The van der Waals surface area contributed by atoms with Crippen molar-refractivity contribution in [2.45, 2.75) is 44.2 Å². The first kappa shape index (κ1) is 14.5. The van der Waals surface area contributed by atoms with Crippen LogP contribution in [0.3, 0.4) is 0 Å². The Bertz CT molecular complexity index is 541. The largest absolute Gasteiger partial charge is 0.392 e. The zero-order valence-corrected chi connectivity index (χ0v) is 12.2. The van der Waals surface area contributed by atoms with E-state index in [9.17, 15) is 13.5 Å². The highest BCUT2D eigenvalue weighted by molar-refractivity contribution is 7.89. The van der Waals surface area contributed by atoms with E-state index in [1.807, 2.05) is 6.92 Å².